The molecule has 0 bridgehead atoms. The molecule has 0 aliphatic heterocycles. The average molecular weight is 126 g/mol. The minimum absolute atomic E-state index is 0. The standard InChI is InChI=1S/Mn.Na.HOP/c;;1-2/h;;2H. The van der Waals surface area contributed by atoms with Crippen LogP contribution in [-0.4, -0.2) is 29.6 Å². The Labute approximate surface area is 59.9 Å². The first kappa shape index (κ1) is 17.5. The van der Waals surface area contributed by atoms with Crippen LogP contribution in [-0.2, 0) is 21.6 Å². The van der Waals surface area contributed by atoms with Crippen LogP contribution in [0.15, 0.2) is 0 Å². The van der Waals surface area contributed by atoms with E-state index in [9.17, 15) is 0 Å². The fraction of sp³-hybridized carbons (Fsp3) is 0. The maximum atomic E-state index is 8.06. The average Bonchev–Trinajstić information content (AvgIpc) is 1.00. The molecule has 0 heterocycles. The van der Waals surface area contributed by atoms with E-state index in [1.807, 2.05) is 0 Å². The molecule has 0 amide bonds. The van der Waals surface area contributed by atoms with Crippen LogP contribution >= 0.6 is 9.12 Å². The van der Waals surface area contributed by atoms with E-state index >= 15 is 0 Å². The summed E-state index contributed by atoms with van der Waals surface area (Å²) >= 11 is 0. The molecule has 0 spiro atoms. The second-order valence-corrected chi connectivity index (χ2v) is 0. The second-order valence-electron chi connectivity index (χ2n) is 0. The summed E-state index contributed by atoms with van der Waals surface area (Å²) in [6.07, 6.45) is 0. The summed E-state index contributed by atoms with van der Waals surface area (Å²) in [4.78, 5) is 0. The minimum Gasteiger partial charge on any atom is -0.279 e. The molecule has 0 atom stereocenters. The predicted octanol–water partition coefficient (Wildman–Crippen LogP) is 0.0914. The van der Waals surface area contributed by atoms with Crippen LogP contribution in [0.5, 0.6) is 0 Å². The molecule has 0 aromatic heterocycles. The van der Waals surface area contributed by atoms with Gasteiger partial charge in [-0.2, -0.15) is 0 Å². The molecule has 0 aromatic rings. The first-order valence-corrected chi connectivity index (χ1v) is 0.612. The zero-order valence-electron chi connectivity index (χ0n) is 2.29. The number of hydrogen-bond acceptors (Lipinski definition) is 1. The number of hydrogen-bond donors (Lipinski definition) is 0. The van der Waals surface area contributed by atoms with Crippen LogP contribution in [0.2, 0.25) is 0 Å². The van der Waals surface area contributed by atoms with E-state index < -0.39 is 0 Å². The van der Waals surface area contributed by atoms with Gasteiger partial charge in [0.1, 0.15) is 9.12 Å². The Morgan fingerprint density at radius 1 is 1.25 bits per heavy atom. The molecule has 0 aromatic carbocycles. The van der Waals surface area contributed by atoms with Crippen molar-refractivity contribution in [1.29, 1.82) is 0 Å². The van der Waals surface area contributed by atoms with Crippen LogP contribution in [0.1, 0.15) is 0 Å². The van der Waals surface area contributed by atoms with Crippen LogP contribution in [0.25, 0.3) is 0 Å². The van der Waals surface area contributed by atoms with Gasteiger partial charge < -0.3 is 0 Å². The van der Waals surface area contributed by atoms with Gasteiger partial charge in [0, 0.05) is 46.6 Å². The summed E-state index contributed by atoms with van der Waals surface area (Å²) in [5.41, 5.74) is 0. The second kappa shape index (κ2) is 23.1. The molecule has 0 aliphatic rings. The molecule has 1 nitrogen and oxygen atoms in total. The van der Waals surface area contributed by atoms with Crippen molar-refractivity contribution in [3.05, 3.63) is 0 Å². The van der Waals surface area contributed by atoms with Crippen molar-refractivity contribution >= 4 is 38.7 Å². The quantitative estimate of drug-likeness (QED) is 0.332. The van der Waals surface area contributed by atoms with Crippen molar-refractivity contribution in [3.63, 3.8) is 0 Å². The normalized spacial score (nSPS) is 1.00. The van der Waals surface area contributed by atoms with Crippen molar-refractivity contribution in [1.82, 2.24) is 0 Å². The molecule has 0 N–H and O–H groups in total. The molecule has 0 saturated carbocycles. The summed E-state index contributed by atoms with van der Waals surface area (Å²) in [5, 5.41) is 0. The Kier molecular flexibility index (Phi) is 101. The fourth-order valence-corrected chi connectivity index (χ4v) is 0. The van der Waals surface area contributed by atoms with Gasteiger partial charge in [0.05, 0.1) is 0 Å². The van der Waals surface area contributed by atoms with Crippen LogP contribution in [0.4, 0.5) is 0 Å². The van der Waals surface area contributed by atoms with E-state index in [1.54, 1.807) is 9.12 Å². The van der Waals surface area contributed by atoms with Crippen LogP contribution in [0, 0.1) is 0 Å². The summed E-state index contributed by atoms with van der Waals surface area (Å²) in [6, 6.07) is 0. The van der Waals surface area contributed by atoms with E-state index in [0.717, 1.165) is 0 Å². The number of rotatable bonds is 0. The summed E-state index contributed by atoms with van der Waals surface area (Å²) in [5.74, 6) is 0. The molecular formula is HMnNaOP. The first-order chi connectivity index (χ1) is 1.00. The van der Waals surface area contributed by atoms with Gasteiger partial charge in [-0.3, -0.25) is 4.57 Å². The molecule has 0 unspecified atom stereocenters. The summed E-state index contributed by atoms with van der Waals surface area (Å²) in [6.45, 7) is 0. The van der Waals surface area contributed by atoms with Crippen molar-refractivity contribution in [2.75, 3.05) is 0 Å². The third kappa shape index (κ3) is 9.47. The first-order valence-electron chi connectivity index (χ1n) is 0.204. The molecule has 4 heavy (non-hydrogen) atoms. The smallest absolute Gasteiger partial charge is 0.138 e. The van der Waals surface area contributed by atoms with Crippen LogP contribution < -0.4 is 0 Å². The Balaban J connectivity index is -0.00000000500. The molecule has 2 radical (unpaired) electrons. The van der Waals surface area contributed by atoms with Crippen molar-refractivity contribution in [3.8, 4) is 0 Å². The largest absolute Gasteiger partial charge is 0.279 e. The van der Waals surface area contributed by atoms with Crippen molar-refractivity contribution < 1.29 is 21.6 Å². The van der Waals surface area contributed by atoms with Gasteiger partial charge in [-0.1, -0.05) is 0 Å². The van der Waals surface area contributed by atoms with Gasteiger partial charge in [0.15, 0.2) is 0 Å². The van der Waals surface area contributed by atoms with E-state index in [2.05, 4.69) is 0 Å². The summed E-state index contributed by atoms with van der Waals surface area (Å²) in [7, 11) is 1.72. The summed E-state index contributed by atoms with van der Waals surface area (Å²) < 4.78 is 8.06. The Morgan fingerprint density at radius 2 is 1.25 bits per heavy atom. The van der Waals surface area contributed by atoms with Crippen molar-refractivity contribution in [2.24, 2.45) is 0 Å². The molecule has 20 valence electrons. The van der Waals surface area contributed by atoms with Gasteiger partial charge in [-0.25, -0.2) is 0 Å². The van der Waals surface area contributed by atoms with Crippen molar-refractivity contribution in [2.45, 2.75) is 0 Å². The third-order valence-electron chi connectivity index (χ3n) is 0. The van der Waals surface area contributed by atoms with E-state index in [0.29, 0.717) is 0 Å². The minimum atomic E-state index is 0. The molecule has 0 saturated heterocycles. The SMILES string of the molecule is O=P.[Mn].[Na]. The Hall–Kier alpha value is 1.62. The molecule has 0 fully saturated rings. The van der Waals surface area contributed by atoms with Gasteiger partial charge in [-0.15, -0.1) is 0 Å². The Morgan fingerprint density at radius 3 is 1.25 bits per heavy atom. The van der Waals surface area contributed by atoms with E-state index in [1.165, 1.54) is 0 Å². The zero-order chi connectivity index (χ0) is 2.00. The maximum absolute atomic E-state index is 8.06. The van der Waals surface area contributed by atoms with Gasteiger partial charge in [0.2, 0.25) is 0 Å². The molecule has 4 heteroatoms. The molecule has 0 rings (SSSR count). The van der Waals surface area contributed by atoms with Gasteiger partial charge >= 0.3 is 0 Å². The van der Waals surface area contributed by atoms with E-state index in [4.69, 9.17) is 4.57 Å². The monoisotopic (exact) mass is 126 g/mol. The van der Waals surface area contributed by atoms with Gasteiger partial charge in [-0.05, 0) is 0 Å². The fourth-order valence-electron chi connectivity index (χ4n) is 0. The van der Waals surface area contributed by atoms with Crippen LogP contribution in [0.3, 0.4) is 0 Å². The third-order valence-corrected chi connectivity index (χ3v) is 0. The Bertz CT molecular complexity index is 8.00. The predicted molar refractivity (Wildman–Crippen MR) is 14.8 cm³/mol. The zero-order valence-corrected chi connectivity index (χ0v) is 6.47. The molecule has 0 aliphatic carbocycles. The maximum Gasteiger partial charge on any atom is 0.138 e. The van der Waals surface area contributed by atoms with Gasteiger partial charge in [0.25, 0.3) is 0 Å². The van der Waals surface area contributed by atoms with E-state index in [-0.39, 0.29) is 46.6 Å². The molecular weight excluding hydrogens is 125 g/mol. The topological polar surface area (TPSA) is 17.1 Å².